The van der Waals surface area contributed by atoms with Crippen LogP contribution in [-0.2, 0) is 6.54 Å². The first-order chi connectivity index (χ1) is 12.5. The van der Waals surface area contributed by atoms with Crippen molar-refractivity contribution in [2.75, 3.05) is 6.54 Å². The molecule has 3 rings (SSSR count). The first-order valence-electron chi connectivity index (χ1n) is 8.25. The lowest BCUT2D eigenvalue weighted by atomic mass is 10.2. The number of aryl methyl sites for hydroxylation is 2. The van der Waals surface area contributed by atoms with E-state index in [1.807, 2.05) is 43.3 Å². The molecule has 2 aromatic heterocycles. The fourth-order valence-electron chi connectivity index (χ4n) is 2.61. The Balaban J connectivity index is 1.61. The van der Waals surface area contributed by atoms with Gasteiger partial charge < -0.3 is 5.32 Å². The number of nitrogens with one attached hydrogen (secondary N) is 1. The highest BCUT2D eigenvalue weighted by Gasteiger charge is 2.09. The minimum Gasteiger partial charge on any atom is -0.350 e. The van der Waals surface area contributed by atoms with E-state index in [0.29, 0.717) is 30.2 Å². The average molecular weight is 349 g/mol. The average Bonchev–Trinajstić information content (AvgIpc) is 2.64. The van der Waals surface area contributed by atoms with E-state index in [1.165, 1.54) is 17.0 Å². The van der Waals surface area contributed by atoms with E-state index in [1.54, 1.807) is 6.92 Å². The summed E-state index contributed by atoms with van der Waals surface area (Å²) in [5.41, 5.74) is 2.44. The van der Waals surface area contributed by atoms with E-state index in [-0.39, 0.29) is 11.6 Å². The molecule has 3 aromatic rings. The smallest absolute Gasteiger partial charge is 0.348 e. The third kappa shape index (κ3) is 4.00. The van der Waals surface area contributed by atoms with Gasteiger partial charge in [-0.1, -0.05) is 30.3 Å². The Morgan fingerprint density at radius 3 is 2.46 bits per heavy atom. The largest absolute Gasteiger partial charge is 0.350 e. The van der Waals surface area contributed by atoms with Gasteiger partial charge in [0.15, 0.2) is 5.82 Å². The zero-order valence-electron chi connectivity index (χ0n) is 14.6. The van der Waals surface area contributed by atoms with E-state index in [0.717, 1.165) is 11.3 Å². The summed E-state index contributed by atoms with van der Waals surface area (Å²) in [5, 5.41) is 2.77. The van der Waals surface area contributed by atoms with Crippen LogP contribution >= 0.6 is 0 Å². The second-order valence-electron chi connectivity index (χ2n) is 5.89. The Bertz CT molecular complexity index is 965. The lowest BCUT2D eigenvalue weighted by Gasteiger charge is -2.10. The van der Waals surface area contributed by atoms with Gasteiger partial charge >= 0.3 is 5.69 Å². The molecule has 0 saturated heterocycles. The predicted octanol–water partition coefficient (Wildman–Crippen LogP) is 1.75. The molecule has 0 unspecified atom stereocenters. The Morgan fingerprint density at radius 1 is 1.12 bits per heavy atom. The van der Waals surface area contributed by atoms with Crippen LogP contribution in [0.2, 0.25) is 0 Å². The van der Waals surface area contributed by atoms with Crippen LogP contribution in [0, 0.1) is 13.8 Å². The fraction of sp³-hybridized carbons (Fsp3) is 0.211. The van der Waals surface area contributed by atoms with Gasteiger partial charge in [0.2, 0.25) is 0 Å². The van der Waals surface area contributed by atoms with Crippen molar-refractivity contribution in [3.63, 3.8) is 0 Å². The minimum atomic E-state index is -0.313. The molecule has 0 spiro atoms. The summed E-state index contributed by atoms with van der Waals surface area (Å²) in [6.45, 7) is 4.28. The number of aromatic nitrogens is 4. The van der Waals surface area contributed by atoms with Crippen LogP contribution in [0.25, 0.3) is 11.4 Å². The maximum absolute atomic E-state index is 12.2. The van der Waals surface area contributed by atoms with Crippen LogP contribution < -0.4 is 11.0 Å². The molecule has 2 heterocycles. The molecule has 0 saturated carbocycles. The summed E-state index contributed by atoms with van der Waals surface area (Å²) in [6.07, 6.45) is 2.99. The maximum atomic E-state index is 12.2. The van der Waals surface area contributed by atoms with Gasteiger partial charge in [-0.05, 0) is 19.9 Å². The molecule has 0 fully saturated rings. The van der Waals surface area contributed by atoms with Crippen LogP contribution in [0.1, 0.15) is 21.7 Å². The molecule has 0 atom stereocenters. The molecule has 7 heteroatoms. The number of hydrogen-bond donors (Lipinski definition) is 1. The van der Waals surface area contributed by atoms with Crippen molar-refractivity contribution < 1.29 is 4.79 Å². The van der Waals surface area contributed by atoms with E-state index < -0.39 is 0 Å². The maximum Gasteiger partial charge on any atom is 0.348 e. The molecule has 1 N–H and O–H groups in total. The van der Waals surface area contributed by atoms with E-state index in [9.17, 15) is 9.59 Å². The van der Waals surface area contributed by atoms with Gasteiger partial charge in [-0.25, -0.2) is 14.8 Å². The van der Waals surface area contributed by atoms with Crippen molar-refractivity contribution in [3.05, 3.63) is 76.2 Å². The number of benzene rings is 1. The number of amides is 1. The van der Waals surface area contributed by atoms with Gasteiger partial charge in [-0.3, -0.25) is 9.36 Å². The molecule has 132 valence electrons. The Hall–Kier alpha value is -3.35. The quantitative estimate of drug-likeness (QED) is 0.758. The van der Waals surface area contributed by atoms with Gasteiger partial charge in [0.25, 0.3) is 5.91 Å². The Labute approximate surface area is 150 Å². The standard InChI is InChI=1S/C19H19N5O2/c1-13-10-14(2)24(19(26)23-13)9-8-20-18(25)16-11-21-17(22-12-16)15-6-4-3-5-7-15/h3-7,10-12H,8-9H2,1-2H3,(H,20,25). The highest BCUT2D eigenvalue weighted by molar-refractivity contribution is 5.93. The first kappa shape index (κ1) is 17.5. The zero-order chi connectivity index (χ0) is 18.5. The summed E-state index contributed by atoms with van der Waals surface area (Å²) in [7, 11) is 0. The molecular weight excluding hydrogens is 330 g/mol. The van der Waals surface area contributed by atoms with Crippen LogP contribution in [0.4, 0.5) is 0 Å². The molecular formula is C19H19N5O2. The number of carbonyl (C=O) groups excluding carboxylic acids is 1. The normalized spacial score (nSPS) is 10.5. The number of rotatable bonds is 5. The SMILES string of the molecule is Cc1cc(C)n(CCNC(=O)c2cnc(-c3ccccc3)nc2)c(=O)n1. The summed E-state index contributed by atoms with van der Waals surface area (Å²) >= 11 is 0. The lowest BCUT2D eigenvalue weighted by molar-refractivity contribution is 0.0951. The highest BCUT2D eigenvalue weighted by Crippen LogP contribution is 2.13. The number of carbonyl (C=O) groups is 1. The van der Waals surface area contributed by atoms with Gasteiger partial charge in [0, 0.05) is 42.4 Å². The minimum absolute atomic E-state index is 0.282. The van der Waals surface area contributed by atoms with Crippen LogP contribution in [0.3, 0.4) is 0 Å². The van der Waals surface area contributed by atoms with Crippen molar-refractivity contribution >= 4 is 5.91 Å². The van der Waals surface area contributed by atoms with Gasteiger partial charge in [0.1, 0.15) is 0 Å². The second-order valence-corrected chi connectivity index (χ2v) is 5.89. The second kappa shape index (κ2) is 7.69. The van der Waals surface area contributed by atoms with Gasteiger partial charge in [-0.15, -0.1) is 0 Å². The summed E-state index contributed by atoms with van der Waals surface area (Å²) in [4.78, 5) is 36.5. The molecule has 7 nitrogen and oxygen atoms in total. The van der Waals surface area contributed by atoms with E-state index in [4.69, 9.17) is 0 Å². The number of nitrogens with zero attached hydrogens (tertiary/aromatic N) is 4. The molecule has 0 aliphatic heterocycles. The zero-order valence-corrected chi connectivity index (χ0v) is 14.6. The monoisotopic (exact) mass is 349 g/mol. The molecule has 0 aliphatic carbocycles. The number of hydrogen-bond acceptors (Lipinski definition) is 5. The Kier molecular flexibility index (Phi) is 5.17. The van der Waals surface area contributed by atoms with E-state index in [2.05, 4.69) is 20.3 Å². The summed E-state index contributed by atoms with van der Waals surface area (Å²) in [6, 6.07) is 11.4. The van der Waals surface area contributed by atoms with Crippen LogP contribution in [0.5, 0.6) is 0 Å². The predicted molar refractivity (Wildman–Crippen MR) is 97.8 cm³/mol. The molecule has 1 amide bonds. The van der Waals surface area contributed by atoms with Crippen molar-refractivity contribution in [1.82, 2.24) is 24.8 Å². The third-order valence-electron chi connectivity index (χ3n) is 3.91. The van der Waals surface area contributed by atoms with Crippen molar-refractivity contribution in [2.45, 2.75) is 20.4 Å². The first-order valence-corrected chi connectivity index (χ1v) is 8.25. The highest BCUT2D eigenvalue weighted by atomic mass is 16.2. The molecule has 26 heavy (non-hydrogen) atoms. The van der Waals surface area contributed by atoms with Crippen molar-refractivity contribution in [2.24, 2.45) is 0 Å². The molecule has 0 radical (unpaired) electrons. The summed E-state index contributed by atoms with van der Waals surface area (Å²) in [5.74, 6) is 0.283. The molecule has 0 bridgehead atoms. The van der Waals surface area contributed by atoms with Crippen LogP contribution in [0.15, 0.2) is 53.6 Å². The third-order valence-corrected chi connectivity index (χ3v) is 3.91. The lowest BCUT2D eigenvalue weighted by Crippen LogP contribution is -2.33. The van der Waals surface area contributed by atoms with Crippen molar-refractivity contribution in [1.29, 1.82) is 0 Å². The van der Waals surface area contributed by atoms with Crippen molar-refractivity contribution in [3.8, 4) is 11.4 Å². The van der Waals surface area contributed by atoms with Crippen LogP contribution in [-0.4, -0.2) is 32.0 Å². The molecule has 0 aliphatic rings. The topological polar surface area (TPSA) is 89.8 Å². The Morgan fingerprint density at radius 2 is 1.81 bits per heavy atom. The summed E-state index contributed by atoms with van der Waals surface area (Å²) < 4.78 is 1.53. The van der Waals surface area contributed by atoms with Gasteiger partial charge in [0.05, 0.1) is 5.56 Å². The van der Waals surface area contributed by atoms with Gasteiger partial charge in [-0.2, -0.15) is 4.98 Å². The fourth-order valence-corrected chi connectivity index (χ4v) is 2.61. The molecule has 1 aromatic carbocycles. The van der Waals surface area contributed by atoms with E-state index >= 15 is 0 Å².